The van der Waals surface area contributed by atoms with E-state index in [0.29, 0.717) is 0 Å². The third-order valence-corrected chi connectivity index (χ3v) is 3.57. The SMILES string of the molecule is CCc1nc(Br)cc(NCc2c(C)nn(C)c2C)n1. The van der Waals surface area contributed by atoms with Crippen LogP contribution in [0, 0.1) is 13.8 Å². The van der Waals surface area contributed by atoms with Gasteiger partial charge >= 0.3 is 0 Å². The maximum Gasteiger partial charge on any atom is 0.131 e. The molecule has 2 rings (SSSR count). The molecule has 0 unspecified atom stereocenters. The molecule has 0 fully saturated rings. The summed E-state index contributed by atoms with van der Waals surface area (Å²) < 4.78 is 2.71. The molecule has 102 valence electrons. The summed E-state index contributed by atoms with van der Waals surface area (Å²) in [6, 6.07) is 1.89. The molecular weight excluding hydrogens is 306 g/mol. The lowest BCUT2D eigenvalue weighted by Crippen LogP contribution is -2.06. The van der Waals surface area contributed by atoms with Crippen LogP contribution in [0.15, 0.2) is 10.7 Å². The quantitative estimate of drug-likeness (QED) is 0.879. The van der Waals surface area contributed by atoms with Gasteiger partial charge in [-0.25, -0.2) is 9.97 Å². The Balaban J connectivity index is 2.16. The topological polar surface area (TPSA) is 55.6 Å². The van der Waals surface area contributed by atoms with Gasteiger partial charge in [0, 0.05) is 37.3 Å². The minimum atomic E-state index is 0.720. The first-order valence-electron chi connectivity index (χ1n) is 6.27. The van der Waals surface area contributed by atoms with Crippen LogP contribution in [0.5, 0.6) is 0 Å². The highest BCUT2D eigenvalue weighted by atomic mass is 79.9. The third-order valence-electron chi connectivity index (χ3n) is 3.16. The Morgan fingerprint density at radius 1 is 1.32 bits per heavy atom. The van der Waals surface area contributed by atoms with Gasteiger partial charge in [-0.1, -0.05) is 6.92 Å². The molecule has 0 saturated heterocycles. The lowest BCUT2D eigenvalue weighted by molar-refractivity contribution is 0.730. The fraction of sp³-hybridized carbons (Fsp3) is 0.462. The lowest BCUT2D eigenvalue weighted by Gasteiger charge is -2.08. The van der Waals surface area contributed by atoms with E-state index < -0.39 is 0 Å². The zero-order valence-electron chi connectivity index (χ0n) is 11.7. The van der Waals surface area contributed by atoms with E-state index in [4.69, 9.17) is 0 Å². The molecule has 0 saturated carbocycles. The van der Waals surface area contributed by atoms with Crippen molar-refractivity contribution >= 4 is 21.7 Å². The Labute approximate surface area is 121 Å². The zero-order chi connectivity index (χ0) is 14.0. The summed E-state index contributed by atoms with van der Waals surface area (Å²) in [5.74, 6) is 1.66. The van der Waals surface area contributed by atoms with Crippen LogP contribution >= 0.6 is 15.9 Å². The molecule has 0 aromatic carbocycles. The minimum absolute atomic E-state index is 0.720. The number of rotatable bonds is 4. The largest absolute Gasteiger partial charge is 0.366 e. The number of halogens is 1. The van der Waals surface area contributed by atoms with Crippen LogP contribution in [0.25, 0.3) is 0 Å². The van der Waals surface area contributed by atoms with E-state index in [-0.39, 0.29) is 0 Å². The second-order valence-electron chi connectivity index (χ2n) is 4.47. The number of nitrogens with one attached hydrogen (secondary N) is 1. The van der Waals surface area contributed by atoms with Crippen molar-refractivity contribution in [2.75, 3.05) is 5.32 Å². The number of aryl methyl sites for hydroxylation is 3. The molecule has 0 aliphatic heterocycles. The summed E-state index contributed by atoms with van der Waals surface area (Å²) in [5, 5.41) is 7.75. The first-order valence-corrected chi connectivity index (χ1v) is 7.07. The Morgan fingerprint density at radius 3 is 2.63 bits per heavy atom. The second kappa shape index (κ2) is 5.69. The summed E-state index contributed by atoms with van der Waals surface area (Å²) in [6.07, 6.45) is 0.819. The Hall–Kier alpha value is -1.43. The first kappa shape index (κ1) is 14.0. The van der Waals surface area contributed by atoms with Crippen molar-refractivity contribution < 1.29 is 0 Å². The molecule has 0 radical (unpaired) electrons. The number of hydrogen-bond donors (Lipinski definition) is 1. The number of aromatic nitrogens is 4. The van der Waals surface area contributed by atoms with E-state index in [1.165, 1.54) is 11.3 Å². The predicted molar refractivity (Wildman–Crippen MR) is 79.1 cm³/mol. The molecular formula is C13H18BrN5. The molecule has 2 aromatic rings. The van der Waals surface area contributed by atoms with Crippen molar-refractivity contribution in [2.24, 2.45) is 7.05 Å². The van der Waals surface area contributed by atoms with Gasteiger partial charge in [0.15, 0.2) is 0 Å². The van der Waals surface area contributed by atoms with E-state index in [1.807, 2.05) is 31.6 Å². The van der Waals surface area contributed by atoms with Crippen LogP contribution in [0.4, 0.5) is 5.82 Å². The van der Waals surface area contributed by atoms with E-state index in [2.05, 4.69) is 43.2 Å². The maximum atomic E-state index is 4.45. The normalized spacial score (nSPS) is 10.8. The Bertz CT molecular complexity index is 591. The fourth-order valence-electron chi connectivity index (χ4n) is 1.97. The molecule has 0 aliphatic carbocycles. The van der Waals surface area contributed by atoms with Crippen LogP contribution in [-0.4, -0.2) is 19.7 Å². The van der Waals surface area contributed by atoms with Crippen molar-refractivity contribution in [1.82, 2.24) is 19.7 Å². The molecule has 2 heterocycles. The average Bonchev–Trinajstić information content (AvgIpc) is 2.60. The van der Waals surface area contributed by atoms with Gasteiger partial charge in [-0.15, -0.1) is 0 Å². The van der Waals surface area contributed by atoms with Gasteiger partial charge in [0.2, 0.25) is 0 Å². The highest BCUT2D eigenvalue weighted by molar-refractivity contribution is 9.10. The van der Waals surface area contributed by atoms with Gasteiger partial charge in [-0.2, -0.15) is 5.10 Å². The second-order valence-corrected chi connectivity index (χ2v) is 5.28. The zero-order valence-corrected chi connectivity index (χ0v) is 13.2. The van der Waals surface area contributed by atoms with Crippen LogP contribution in [-0.2, 0) is 20.0 Å². The number of hydrogen-bond acceptors (Lipinski definition) is 4. The van der Waals surface area contributed by atoms with Crippen molar-refractivity contribution in [2.45, 2.75) is 33.7 Å². The van der Waals surface area contributed by atoms with E-state index >= 15 is 0 Å². The molecule has 19 heavy (non-hydrogen) atoms. The average molecular weight is 324 g/mol. The van der Waals surface area contributed by atoms with Gasteiger partial charge in [-0.3, -0.25) is 4.68 Å². The Morgan fingerprint density at radius 2 is 2.05 bits per heavy atom. The fourth-order valence-corrected chi connectivity index (χ4v) is 2.39. The summed E-state index contributed by atoms with van der Waals surface area (Å²) >= 11 is 3.41. The molecule has 0 aliphatic rings. The van der Waals surface area contributed by atoms with Crippen molar-refractivity contribution in [1.29, 1.82) is 0 Å². The summed E-state index contributed by atoms with van der Waals surface area (Å²) in [7, 11) is 1.96. The number of anilines is 1. The maximum absolute atomic E-state index is 4.45. The smallest absolute Gasteiger partial charge is 0.131 e. The summed E-state index contributed by atoms with van der Waals surface area (Å²) in [4.78, 5) is 8.75. The predicted octanol–water partition coefficient (Wildman–Crippen LogP) is 2.76. The summed E-state index contributed by atoms with van der Waals surface area (Å²) in [6.45, 7) is 6.86. The van der Waals surface area contributed by atoms with Crippen LogP contribution in [0.2, 0.25) is 0 Å². The van der Waals surface area contributed by atoms with Gasteiger partial charge in [-0.05, 0) is 29.8 Å². The van der Waals surface area contributed by atoms with Crippen LogP contribution in [0.3, 0.4) is 0 Å². The van der Waals surface area contributed by atoms with Crippen molar-refractivity contribution in [3.05, 3.63) is 33.4 Å². The number of nitrogens with zero attached hydrogens (tertiary/aromatic N) is 4. The monoisotopic (exact) mass is 323 g/mol. The van der Waals surface area contributed by atoms with E-state index in [9.17, 15) is 0 Å². The molecule has 1 N–H and O–H groups in total. The van der Waals surface area contributed by atoms with Gasteiger partial charge in [0.05, 0.1) is 5.69 Å². The highest BCUT2D eigenvalue weighted by Crippen LogP contribution is 2.16. The third kappa shape index (κ3) is 3.12. The van der Waals surface area contributed by atoms with Crippen LogP contribution in [0.1, 0.15) is 29.7 Å². The molecule has 0 amide bonds. The molecule has 0 atom stereocenters. The van der Waals surface area contributed by atoms with Gasteiger partial charge in [0.25, 0.3) is 0 Å². The van der Waals surface area contributed by atoms with E-state index in [1.54, 1.807) is 0 Å². The minimum Gasteiger partial charge on any atom is -0.366 e. The Kier molecular flexibility index (Phi) is 4.19. The van der Waals surface area contributed by atoms with Crippen molar-refractivity contribution in [3.8, 4) is 0 Å². The van der Waals surface area contributed by atoms with Gasteiger partial charge < -0.3 is 5.32 Å². The van der Waals surface area contributed by atoms with Gasteiger partial charge in [0.1, 0.15) is 16.2 Å². The first-order chi connectivity index (χ1) is 9.01. The summed E-state index contributed by atoms with van der Waals surface area (Å²) in [5.41, 5.74) is 3.44. The molecule has 0 spiro atoms. The standard InChI is InChI=1S/C13H18BrN5/c1-5-12-16-11(14)6-13(17-12)15-7-10-8(2)18-19(4)9(10)3/h6H,5,7H2,1-4H3,(H,15,16,17). The van der Waals surface area contributed by atoms with Crippen LogP contribution < -0.4 is 5.32 Å². The molecule has 0 bridgehead atoms. The lowest BCUT2D eigenvalue weighted by atomic mass is 10.2. The molecule has 6 heteroatoms. The van der Waals surface area contributed by atoms with E-state index in [0.717, 1.165) is 34.9 Å². The van der Waals surface area contributed by atoms with Crippen molar-refractivity contribution in [3.63, 3.8) is 0 Å². The highest BCUT2D eigenvalue weighted by Gasteiger charge is 2.09. The molecule has 5 nitrogen and oxygen atoms in total. The molecule has 2 aromatic heterocycles.